The van der Waals surface area contributed by atoms with Crippen LogP contribution in [0.4, 0.5) is 0 Å². The van der Waals surface area contributed by atoms with Gasteiger partial charge in [0.1, 0.15) is 5.58 Å². The molecule has 0 aliphatic heterocycles. The largest absolute Gasteiger partial charge is 0.464 e. The number of carbonyl (C=O) groups is 3. The second kappa shape index (κ2) is 9.03. The molecule has 0 radical (unpaired) electrons. The molecule has 26 heavy (non-hydrogen) atoms. The molecule has 0 unspecified atom stereocenters. The monoisotopic (exact) mass is 360 g/mol. The Morgan fingerprint density at radius 1 is 1.23 bits per heavy atom. The van der Waals surface area contributed by atoms with Crippen molar-refractivity contribution in [3.05, 3.63) is 35.6 Å². The van der Waals surface area contributed by atoms with E-state index in [1.807, 2.05) is 25.1 Å². The van der Waals surface area contributed by atoms with Crippen LogP contribution in [-0.2, 0) is 25.5 Å². The number of nitrogens with one attached hydrogen (secondary N) is 1. The summed E-state index contributed by atoms with van der Waals surface area (Å²) in [4.78, 5) is 37.1. The summed E-state index contributed by atoms with van der Waals surface area (Å²) in [6.45, 7) is 5.95. The Morgan fingerprint density at radius 2 is 2.00 bits per heavy atom. The molecule has 1 N–H and O–H groups in total. The normalized spacial score (nSPS) is 10.6. The van der Waals surface area contributed by atoms with Gasteiger partial charge in [-0.2, -0.15) is 0 Å². The summed E-state index contributed by atoms with van der Waals surface area (Å²) < 4.78 is 10.5. The summed E-state index contributed by atoms with van der Waals surface area (Å²) in [5, 5.41) is 3.48. The average Bonchev–Trinajstić information content (AvgIpc) is 2.99. The molecule has 7 nitrogen and oxygen atoms in total. The summed E-state index contributed by atoms with van der Waals surface area (Å²) in [6, 6.07) is 5.73. The van der Waals surface area contributed by atoms with Crippen LogP contribution in [0.3, 0.4) is 0 Å². The van der Waals surface area contributed by atoms with Crippen LogP contribution in [-0.4, -0.2) is 48.9 Å². The highest BCUT2D eigenvalue weighted by Gasteiger charge is 2.18. The molecule has 0 bridgehead atoms. The Bertz CT molecular complexity index is 796. The van der Waals surface area contributed by atoms with Crippen LogP contribution < -0.4 is 5.32 Å². The zero-order chi connectivity index (χ0) is 19.1. The smallest absolute Gasteiger partial charge is 0.310 e. The van der Waals surface area contributed by atoms with Crippen molar-refractivity contribution in [2.75, 3.05) is 26.2 Å². The standard InChI is InChI=1S/C19H24N2O5/c1-4-20-17(22)10-21(5-2)18(23)12-26-19(24)9-14-11-25-16-8-13(3)6-7-15(14)16/h6-8,11H,4-5,9-10,12H2,1-3H3,(H,20,22). The summed E-state index contributed by atoms with van der Waals surface area (Å²) in [5.74, 6) is -1.16. The van der Waals surface area contributed by atoms with E-state index in [1.165, 1.54) is 11.2 Å². The van der Waals surface area contributed by atoms with Crippen molar-refractivity contribution in [3.8, 4) is 0 Å². The minimum Gasteiger partial charge on any atom is -0.464 e. The molecular weight excluding hydrogens is 336 g/mol. The van der Waals surface area contributed by atoms with E-state index >= 15 is 0 Å². The van der Waals surface area contributed by atoms with Gasteiger partial charge >= 0.3 is 5.97 Å². The molecule has 0 spiro atoms. The number of hydrogen-bond acceptors (Lipinski definition) is 5. The van der Waals surface area contributed by atoms with Gasteiger partial charge in [0.15, 0.2) is 6.61 Å². The highest BCUT2D eigenvalue weighted by molar-refractivity contribution is 5.88. The van der Waals surface area contributed by atoms with Crippen molar-refractivity contribution in [1.82, 2.24) is 10.2 Å². The number of carbonyl (C=O) groups excluding carboxylic acids is 3. The van der Waals surface area contributed by atoms with Crippen molar-refractivity contribution in [1.29, 1.82) is 0 Å². The lowest BCUT2D eigenvalue weighted by molar-refractivity contribution is -0.152. The van der Waals surface area contributed by atoms with Gasteiger partial charge < -0.3 is 19.4 Å². The molecule has 0 aliphatic rings. The van der Waals surface area contributed by atoms with Crippen molar-refractivity contribution in [3.63, 3.8) is 0 Å². The molecule has 0 fully saturated rings. The number of ether oxygens (including phenoxy) is 1. The van der Waals surface area contributed by atoms with Gasteiger partial charge in [0.25, 0.3) is 5.91 Å². The van der Waals surface area contributed by atoms with Crippen LogP contribution in [0.25, 0.3) is 11.0 Å². The number of nitrogens with zero attached hydrogens (tertiary/aromatic N) is 1. The molecule has 1 aromatic heterocycles. The van der Waals surface area contributed by atoms with E-state index in [0.29, 0.717) is 24.2 Å². The minimum atomic E-state index is -0.518. The lowest BCUT2D eigenvalue weighted by atomic mass is 10.1. The summed E-state index contributed by atoms with van der Waals surface area (Å²) in [6.07, 6.45) is 1.55. The lowest BCUT2D eigenvalue weighted by Crippen LogP contribution is -2.42. The first-order valence-corrected chi connectivity index (χ1v) is 8.61. The second-order valence-electron chi connectivity index (χ2n) is 5.96. The van der Waals surface area contributed by atoms with Crippen LogP contribution in [0, 0.1) is 6.92 Å². The molecule has 1 aromatic carbocycles. The van der Waals surface area contributed by atoms with Crippen LogP contribution >= 0.6 is 0 Å². The fraction of sp³-hybridized carbons (Fsp3) is 0.421. The summed E-state index contributed by atoms with van der Waals surface area (Å²) >= 11 is 0. The van der Waals surface area contributed by atoms with Crippen molar-refractivity contribution in [2.45, 2.75) is 27.2 Å². The number of aryl methyl sites for hydroxylation is 1. The molecule has 1 heterocycles. The second-order valence-corrected chi connectivity index (χ2v) is 5.96. The molecule has 0 aliphatic carbocycles. The molecule has 2 rings (SSSR count). The number of furan rings is 1. The number of fused-ring (bicyclic) bond motifs is 1. The predicted molar refractivity (Wildman–Crippen MR) is 96.6 cm³/mol. The molecule has 2 amide bonds. The molecule has 7 heteroatoms. The number of rotatable bonds is 8. The van der Waals surface area contributed by atoms with E-state index in [2.05, 4.69) is 5.32 Å². The van der Waals surface area contributed by atoms with Crippen LogP contribution in [0.15, 0.2) is 28.9 Å². The molecule has 2 aromatic rings. The van der Waals surface area contributed by atoms with Crippen molar-refractivity contribution in [2.24, 2.45) is 0 Å². The highest BCUT2D eigenvalue weighted by atomic mass is 16.5. The first kappa shape index (κ1) is 19.5. The maximum absolute atomic E-state index is 12.1. The number of hydrogen-bond donors (Lipinski definition) is 1. The minimum absolute atomic E-state index is 0.0196. The van der Waals surface area contributed by atoms with E-state index < -0.39 is 11.9 Å². The van der Waals surface area contributed by atoms with Gasteiger partial charge in [-0.25, -0.2) is 0 Å². The van der Waals surface area contributed by atoms with E-state index in [4.69, 9.17) is 9.15 Å². The topological polar surface area (TPSA) is 88.9 Å². The summed E-state index contributed by atoms with van der Waals surface area (Å²) in [5.41, 5.74) is 2.49. The molecule has 140 valence electrons. The van der Waals surface area contributed by atoms with E-state index in [-0.39, 0.29) is 25.5 Å². The molecule has 0 saturated carbocycles. The Balaban J connectivity index is 1.88. The van der Waals surface area contributed by atoms with E-state index in [9.17, 15) is 14.4 Å². The van der Waals surface area contributed by atoms with Gasteiger partial charge in [-0.05, 0) is 32.4 Å². The van der Waals surface area contributed by atoms with Crippen molar-refractivity contribution >= 4 is 28.8 Å². The Hall–Kier alpha value is -2.83. The lowest BCUT2D eigenvalue weighted by Gasteiger charge is -2.19. The van der Waals surface area contributed by atoms with Gasteiger partial charge in [0.2, 0.25) is 5.91 Å². The summed E-state index contributed by atoms with van der Waals surface area (Å²) in [7, 11) is 0. The van der Waals surface area contributed by atoms with Gasteiger partial charge in [0, 0.05) is 24.0 Å². The fourth-order valence-corrected chi connectivity index (χ4v) is 2.57. The molecule has 0 atom stereocenters. The SMILES string of the molecule is CCNC(=O)CN(CC)C(=O)COC(=O)Cc1coc2cc(C)ccc12. The number of likely N-dealkylation sites (N-methyl/N-ethyl adjacent to an activating group) is 2. The van der Waals surface area contributed by atoms with Gasteiger partial charge in [-0.15, -0.1) is 0 Å². The third kappa shape index (κ3) is 5.08. The number of amides is 2. The molecule has 0 saturated heterocycles. The number of benzene rings is 1. The van der Waals surface area contributed by atoms with E-state index in [1.54, 1.807) is 13.8 Å². The van der Waals surface area contributed by atoms with Crippen LogP contribution in [0.1, 0.15) is 25.0 Å². The first-order valence-electron chi connectivity index (χ1n) is 8.61. The third-order valence-electron chi connectivity index (χ3n) is 3.95. The quantitative estimate of drug-likeness (QED) is 0.725. The van der Waals surface area contributed by atoms with Gasteiger partial charge in [-0.3, -0.25) is 14.4 Å². The third-order valence-corrected chi connectivity index (χ3v) is 3.95. The maximum atomic E-state index is 12.1. The van der Waals surface area contributed by atoms with Crippen molar-refractivity contribution < 1.29 is 23.5 Å². The molecular formula is C19H24N2O5. The Morgan fingerprint density at radius 3 is 2.69 bits per heavy atom. The Kier molecular flexibility index (Phi) is 6.77. The Labute approximate surface area is 152 Å². The zero-order valence-corrected chi connectivity index (χ0v) is 15.3. The average molecular weight is 360 g/mol. The van der Waals surface area contributed by atoms with Gasteiger partial charge in [0.05, 0.1) is 19.2 Å². The van der Waals surface area contributed by atoms with E-state index in [0.717, 1.165) is 10.9 Å². The fourth-order valence-electron chi connectivity index (χ4n) is 2.57. The van der Waals surface area contributed by atoms with Crippen LogP contribution in [0.5, 0.6) is 0 Å². The predicted octanol–water partition coefficient (Wildman–Crippen LogP) is 1.81. The number of esters is 1. The maximum Gasteiger partial charge on any atom is 0.310 e. The zero-order valence-electron chi connectivity index (χ0n) is 15.3. The van der Waals surface area contributed by atoms with Gasteiger partial charge in [-0.1, -0.05) is 12.1 Å². The van der Waals surface area contributed by atoms with Crippen LogP contribution in [0.2, 0.25) is 0 Å². The first-order chi connectivity index (χ1) is 12.4. The highest BCUT2D eigenvalue weighted by Crippen LogP contribution is 2.22.